The van der Waals surface area contributed by atoms with Crippen LogP contribution in [0, 0.1) is 0 Å². The van der Waals surface area contributed by atoms with Crippen molar-refractivity contribution in [1.82, 2.24) is 4.90 Å². The molecule has 0 spiro atoms. The van der Waals surface area contributed by atoms with E-state index in [9.17, 15) is 9.59 Å². The predicted octanol–water partition coefficient (Wildman–Crippen LogP) is 6.35. The van der Waals surface area contributed by atoms with Crippen LogP contribution in [-0.2, 0) is 20.9 Å². The molecular formula is C25H26BrNO4S2. The quantitative estimate of drug-likeness (QED) is 0.141. The molecule has 0 N–H and O–H groups in total. The Labute approximate surface area is 212 Å². The van der Waals surface area contributed by atoms with Crippen molar-refractivity contribution in [2.24, 2.45) is 0 Å². The van der Waals surface area contributed by atoms with Crippen molar-refractivity contribution < 1.29 is 19.1 Å². The zero-order valence-electron chi connectivity index (χ0n) is 18.4. The Kier molecular flexibility index (Phi) is 9.96. The Balaban J connectivity index is 1.48. The number of thioether (sulfide) groups is 1. The molecule has 0 aromatic heterocycles. The number of carbonyl (C=O) groups is 2. The van der Waals surface area contributed by atoms with Crippen LogP contribution >= 0.6 is 39.9 Å². The van der Waals surface area contributed by atoms with Crippen LogP contribution in [0.4, 0.5) is 0 Å². The Morgan fingerprint density at radius 2 is 1.82 bits per heavy atom. The fourth-order valence-electron chi connectivity index (χ4n) is 3.20. The minimum Gasteiger partial charge on any atom is -0.489 e. The summed E-state index contributed by atoms with van der Waals surface area (Å²) in [6, 6.07) is 15.7. The van der Waals surface area contributed by atoms with Crippen LogP contribution < -0.4 is 4.74 Å². The van der Waals surface area contributed by atoms with E-state index in [4.69, 9.17) is 21.7 Å². The van der Waals surface area contributed by atoms with Gasteiger partial charge in [0.15, 0.2) is 0 Å². The first-order valence-corrected chi connectivity index (χ1v) is 12.9. The second-order valence-electron chi connectivity index (χ2n) is 7.43. The Morgan fingerprint density at radius 3 is 2.52 bits per heavy atom. The molecule has 1 amide bonds. The molecule has 1 aliphatic rings. The summed E-state index contributed by atoms with van der Waals surface area (Å²) in [5.41, 5.74) is 2.01. The average Bonchev–Trinajstić information content (AvgIpc) is 3.07. The van der Waals surface area contributed by atoms with Gasteiger partial charge < -0.3 is 9.47 Å². The Bertz CT molecular complexity index is 1010. The molecule has 3 rings (SSSR count). The van der Waals surface area contributed by atoms with Crippen LogP contribution in [0.2, 0.25) is 0 Å². The molecule has 174 valence electrons. The minimum atomic E-state index is -0.171. The molecule has 1 saturated heterocycles. The van der Waals surface area contributed by atoms with Crippen LogP contribution in [0.5, 0.6) is 5.75 Å². The molecule has 2 aromatic carbocycles. The lowest BCUT2D eigenvalue weighted by atomic mass is 10.2. The van der Waals surface area contributed by atoms with E-state index in [1.54, 1.807) is 11.8 Å². The van der Waals surface area contributed by atoms with Gasteiger partial charge in [-0.2, -0.15) is 0 Å². The van der Waals surface area contributed by atoms with Gasteiger partial charge in [0.25, 0.3) is 5.91 Å². The summed E-state index contributed by atoms with van der Waals surface area (Å²) in [4.78, 5) is 26.4. The molecule has 33 heavy (non-hydrogen) atoms. The molecule has 0 radical (unpaired) electrons. The molecule has 0 saturated carbocycles. The number of nitrogens with zero attached hydrogens (tertiary/aromatic N) is 1. The van der Waals surface area contributed by atoms with Gasteiger partial charge in [0.2, 0.25) is 0 Å². The van der Waals surface area contributed by atoms with Gasteiger partial charge in [-0.3, -0.25) is 14.5 Å². The highest BCUT2D eigenvalue weighted by Crippen LogP contribution is 2.33. The van der Waals surface area contributed by atoms with E-state index in [2.05, 4.69) is 15.9 Å². The fraction of sp³-hybridized carbons (Fsp3) is 0.320. The first kappa shape index (κ1) is 25.5. The van der Waals surface area contributed by atoms with Gasteiger partial charge in [-0.05, 0) is 61.2 Å². The summed E-state index contributed by atoms with van der Waals surface area (Å²) in [5, 5.41) is 0. The van der Waals surface area contributed by atoms with Crippen molar-refractivity contribution in [2.45, 2.75) is 39.2 Å². The topological polar surface area (TPSA) is 55.8 Å². The molecular weight excluding hydrogens is 522 g/mol. The number of hydrogen-bond acceptors (Lipinski definition) is 6. The maximum absolute atomic E-state index is 12.8. The molecule has 2 aromatic rings. The van der Waals surface area contributed by atoms with Gasteiger partial charge in [0.05, 0.1) is 11.5 Å². The van der Waals surface area contributed by atoms with E-state index in [0.717, 1.165) is 40.6 Å². The second-order valence-corrected chi connectivity index (χ2v) is 10.0. The van der Waals surface area contributed by atoms with Gasteiger partial charge in [-0.25, -0.2) is 0 Å². The zero-order chi connectivity index (χ0) is 23.6. The van der Waals surface area contributed by atoms with Crippen molar-refractivity contribution in [3.8, 4) is 5.75 Å². The third-order valence-corrected chi connectivity index (χ3v) is 6.84. The molecule has 0 bridgehead atoms. The number of unbranched alkanes of at least 4 members (excludes halogenated alkanes) is 2. The van der Waals surface area contributed by atoms with Crippen molar-refractivity contribution in [3.63, 3.8) is 0 Å². The van der Waals surface area contributed by atoms with E-state index in [0.29, 0.717) is 35.4 Å². The van der Waals surface area contributed by atoms with E-state index in [1.807, 2.05) is 54.6 Å². The number of carbonyl (C=O) groups excluding carboxylic acids is 2. The molecule has 1 aliphatic heterocycles. The summed E-state index contributed by atoms with van der Waals surface area (Å²) in [7, 11) is 0. The average molecular weight is 549 g/mol. The molecule has 0 atom stereocenters. The SMILES string of the molecule is CCOC(=O)CCCCCN1C(=O)/C(=C\c2ccc(OCc3ccc(Br)cc3)cc2)SC1=S. The van der Waals surface area contributed by atoms with Gasteiger partial charge >= 0.3 is 5.97 Å². The van der Waals surface area contributed by atoms with Gasteiger partial charge in [-0.1, -0.05) is 70.6 Å². The summed E-state index contributed by atoms with van der Waals surface area (Å²) < 4.78 is 12.4. The smallest absolute Gasteiger partial charge is 0.305 e. The van der Waals surface area contributed by atoms with Crippen molar-refractivity contribution in [1.29, 1.82) is 0 Å². The van der Waals surface area contributed by atoms with Crippen molar-refractivity contribution >= 4 is 62.2 Å². The lowest BCUT2D eigenvalue weighted by molar-refractivity contribution is -0.143. The number of rotatable bonds is 11. The summed E-state index contributed by atoms with van der Waals surface area (Å²) in [6.45, 7) is 3.26. The maximum Gasteiger partial charge on any atom is 0.305 e. The summed E-state index contributed by atoms with van der Waals surface area (Å²) in [6.07, 6.45) is 4.66. The highest BCUT2D eigenvalue weighted by Gasteiger charge is 2.31. The standard InChI is InChI=1S/C25H26BrNO4S2/c1-2-30-23(28)6-4-3-5-15-27-24(29)22(33-25(27)32)16-18-9-13-21(14-10-18)31-17-19-7-11-20(26)12-8-19/h7-14,16H,2-6,15,17H2,1H3/b22-16+. The van der Waals surface area contributed by atoms with E-state index < -0.39 is 0 Å². The van der Waals surface area contributed by atoms with Crippen LogP contribution in [0.3, 0.4) is 0 Å². The number of halogens is 1. The first-order chi connectivity index (χ1) is 16.0. The number of thiocarbonyl (C=S) groups is 1. The number of esters is 1. The highest BCUT2D eigenvalue weighted by atomic mass is 79.9. The first-order valence-electron chi connectivity index (χ1n) is 10.8. The van der Waals surface area contributed by atoms with Gasteiger partial charge in [0, 0.05) is 17.4 Å². The maximum atomic E-state index is 12.8. The van der Waals surface area contributed by atoms with Crippen molar-refractivity contribution in [2.75, 3.05) is 13.2 Å². The third kappa shape index (κ3) is 7.98. The van der Waals surface area contributed by atoms with Crippen LogP contribution in [0.25, 0.3) is 6.08 Å². The highest BCUT2D eigenvalue weighted by molar-refractivity contribution is 9.10. The number of ether oxygens (including phenoxy) is 2. The molecule has 1 heterocycles. The second kappa shape index (κ2) is 12.9. The minimum absolute atomic E-state index is 0.0639. The number of benzene rings is 2. The van der Waals surface area contributed by atoms with E-state index >= 15 is 0 Å². The number of amides is 1. The normalized spacial score (nSPS) is 14.7. The summed E-state index contributed by atoms with van der Waals surface area (Å²) in [5.74, 6) is 0.534. The molecule has 0 aliphatic carbocycles. The lowest BCUT2D eigenvalue weighted by Gasteiger charge is -2.13. The third-order valence-electron chi connectivity index (χ3n) is 4.94. The Hall–Kier alpha value is -2.16. The van der Waals surface area contributed by atoms with Crippen molar-refractivity contribution in [3.05, 3.63) is 69.0 Å². The largest absolute Gasteiger partial charge is 0.489 e. The van der Waals surface area contributed by atoms with Crippen LogP contribution in [0.1, 0.15) is 43.7 Å². The molecule has 5 nitrogen and oxygen atoms in total. The molecule has 1 fully saturated rings. The molecule has 8 heteroatoms. The Morgan fingerprint density at radius 1 is 1.09 bits per heavy atom. The van der Waals surface area contributed by atoms with E-state index in [1.165, 1.54) is 11.8 Å². The van der Waals surface area contributed by atoms with Crippen LogP contribution in [-0.4, -0.2) is 34.2 Å². The fourth-order valence-corrected chi connectivity index (χ4v) is 4.77. The van der Waals surface area contributed by atoms with Gasteiger partial charge in [-0.15, -0.1) is 0 Å². The number of hydrogen-bond donors (Lipinski definition) is 0. The lowest BCUT2D eigenvalue weighted by Crippen LogP contribution is -2.29. The zero-order valence-corrected chi connectivity index (χ0v) is 21.6. The monoisotopic (exact) mass is 547 g/mol. The molecule has 0 unspecified atom stereocenters. The summed E-state index contributed by atoms with van der Waals surface area (Å²) >= 11 is 10.2. The predicted molar refractivity (Wildman–Crippen MR) is 140 cm³/mol. The van der Waals surface area contributed by atoms with Crippen LogP contribution in [0.15, 0.2) is 57.9 Å². The van der Waals surface area contributed by atoms with E-state index in [-0.39, 0.29) is 11.9 Å². The van der Waals surface area contributed by atoms with Gasteiger partial charge in [0.1, 0.15) is 16.7 Å².